The zero-order valence-corrected chi connectivity index (χ0v) is 12.8. The standard InChI is InChI=1S/C16H22N2O.ClH/c1-18(16(19)11-17-10-12-6-7-12)15-9-8-13-4-2-3-5-14(13)15;/h2-5,12,15,17H,6-11H2,1H3;1H. The zero-order chi connectivity index (χ0) is 13.2. The van der Waals surface area contributed by atoms with Crippen LogP contribution >= 0.6 is 12.4 Å². The van der Waals surface area contributed by atoms with Crippen LogP contribution in [0.15, 0.2) is 24.3 Å². The summed E-state index contributed by atoms with van der Waals surface area (Å²) in [5.74, 6) is 1.03. The van der Waals surface area contributed by atoms with E-state index in [1.165, 1.54) is 24.0 Å². The Balaban J connectivity index is 0.00000147. The monoisotopic (exact) mass is 294 g/mol. The van der Waals surface area contributed by atoms with Crippen molar-refractivity contribution in [3.05, 3.63) is 35.4 Å². The topological polar surface area (TPSA) is 32.3 Å². The lowest BCUT2D eigenvalue weighted by Crippen LogP contribution is -2.37. The number of nitrogens with zero attached hydrogens (tertiary/aromatic N) is 1. The number of benzene rings is 1. The lowest BCUT2D eigenvalue weighted by molar-refractivity contribution is -0.131. The van der Waals surface area contributed by atoms with Crippen molar-refractivity contribution in [1.29, 1.82) is 0 Å². The summed E-state index contributed by atoms with van der Waals surface area (Å²) in [5.41, 5.74) is 2.73. The van der Waals surface area contributed by atoms with Crippen LogP contribution in [-0.4, -0.2) is 30.9 Å². The molecule has 0 aliphatic heterocycles. The number of nitrogens with one attached hydrogen (secondary N) is 1. The highest BCUT2D eigenvalue weighted by Gasteiger charge is 2.28. The molecule has 3 rings (SSSR count). The molecule has 110 valence electrons. The maximum Gasteiger partial charge on any atom is 0.236 e. The van der Waals surface area contributed by atoms with Crippen molar-refractivity contribution < 1.29 is 4.79 Å². The summed E-state index contributed by atoms with van der Waals surface area (Å²) >= 11 is 0. The third kappa shape index (κ3) is 3.33. The van der Waals surface area contributed by atoms with Crippen molar-refractivity contribution in [2.45, 2.75) is 31.7 Å². The molecular weight excluding hydrogens is 272 g/mol. The van der Waals surface area contributed by atoms with Gasteiger partial charge in [-0.25, -0.2) is 0 Å². The molecule has 0 saturated heterocycles. The Bertz CT molecular complexity index is 473. The molecule has 1 aromatic carbocycles. The number of fused-ring (bicyclic) bond motifs is 1. The van der Waals surface area contributed by atoms with E-state index < -0.39 is 0 Å². The van der Waals surface area contributed by atoms with E-state index in [2.05, 4.69) is 29.6 Å². The molecule has 0 spiro atoms. The molecular formula is C16H23ClN2O. The highest BCUT2D eigenvalue weighted by Crippen LogP contribution is 2.34. The van der Waals surface area contributed by atoms with E-state index in [1.807, 2.05) is 11.9 Å². The fourth-order valence-corrected chi connectivity index (χ4v) is 2.94. The minimum absolute atomic E-state index is 0. The van der Waals surface area contributed by atoms with Gasteiger partial charge in [0.05, 0.1) is 12.6 Å². The van der Waals surface area contributed by atoms with Crippen molar-refractivity contribution >= 4 is 18.3 Å². The number of hydrogen-bond donors (Lipinski definition) is 1. The number of aryl methyl sites for hydroxylation is 1. The van der Waals surface area contributed by atoms with E-state index in [4.69, 9.17) is 0 Å². The molecule has 1 amide bonds. The van der Waals surface area contributed by atoms with Crippen molar-refractivity contribution in [1.82, 2.24) is 10.2 Å². The highest BCUT2D eigenvalue weighted by molar-refractivity contribution is 5.85. The second kappa shape index (κ2) is 6.59. The summed E-state index contributed by atoms with van der Waals surface area (Å²) in [4.78, 5) is 14.1. The van der Waals surface area contributed by atoms with E-state index >= 15 is 0 Å². The van der Waals surface area contributed by atoms with Crippen LogP contribution in [0.1, 0.15) is 36.4 Å². The normalized spacial score (nSPS) is 20.1. The summed E-state index contributed by atoms with van der Waals surface area (Å²) in [6, 6.07) is 8.76. The Labute approximate surface area is 127 Å². The molecule has 4 heteroatoms. The molecule has 0 aromatic heterocycles. The molecule has 1 atom stereocenters. The molecule has 0 heterocycles. The van der Waals surface area contributed by atoms with E-state index in [0.29, 0.717) is 6.54 Å². The van der Waals surface area contributed by atoms with Gasteiger partial charge in [0.25, 0.3) is 0 Å². The van der Waals surface area contributed by atoms with Gasteiger partial charge in [0.2, 0.25) is 5.91 Å². The van der Waals surface area contributed by atoms with Gasteiger partial charge in [-0.15, -0.1) is 12.4 Å². The number of hydrogen-bond acceptors (Lipinski definition) is 2. The lowest BCUT2D eigenvalue weighted by Gasteiger charge is -2.25. The minimum Gasteiger partial charge on any atom is -0.338 e. The zero-order valence-electron chi connectivity index (χ0n) is 12.0. The first-order valence-corrected chi connectivity index (χ1v) is 7.30. The Morgan fingerprint density at radius 3 is 2.80 bits per heavy atom. The van der Waals surface area contributed by atoms with Gasteiger partial charge < -0.3 is 10.2 Å². The van der Waals surface area contributed by atoms with Crippen LogP contribution in [0.4, 0.5) is 0 Å². The van der Waals surface area contributed by atoms with Crippen LogP contribution in [0.25, 0.3) is 0 Å². The van der Waals surface area contributed by atoms with Gasteiger partial charge in [0.15, 0.2) is 0 Å². The van der Waals surface area contributed by atoms with E-state index in [0.717, 1.165) is 25.3 Å². The highest BCUT2D eigenvalue weighted by atomic mass is 35.5. The van der Waals surface area contributed by atoms with Crippen LogP contribution in [-0.2, 0) is 11.2 Å². The summed E-state index contributed by atoms with van der Waals surface area (Å²) in [6.45, 7) is 1.48. The summed E-state index contributed by atoms with van der Waals surface area (Å²) in [7, 11) is 1.94. The first kappa shape index (κ1) is 15.3. The lowest BCUT2D eigenvalue weighted by atomic mass is 10.1. The van der Waals surface area contributed by atoms with Gasteiger partial charge in [0.1, 0.15) is 0 Å². The Morgan fingerprint density at radius 1 is 1.30 bits per heavy atom. The third-order valence-corrected chi connectivity index (χ3v) is 4.37. The molecule has 0 radical (unpaired) electrons. The van der Waals surface area contributed by atoms with Gasteiger partial charge in [-0.1, -0.05) is 24.3 Å². The third-order valence-electron chi connectivity index (χ3n) is 4.37. The minimum atomic E-state index is 0. The number of likely N-dealkylation sites (N-methyl/N-ethyl adjacent to an activating group) is 1. The van der Waals surface area contributed by atoms with Crippen LogP contribution in [0.5, 0.6) is 0 Å². The first-order valence-electron chi connectivity index (χ1n) is 7.30. The summed E-state index contributed by atoms with van der Waals surface area (Å²) < 4.78 is 0. The van der Waals surface area contributed by atoms with Crippen LogP contribution in [0, 0.1) is 5.92 Å². The largest absolute Gasteiger partial charge is 0.338 e. The predicted octanol–water partition coefficient (Wildman–Crippen LogP) is 2.55. The molecule has 20 heavy (non-hydrogen) atoms. The fourth-order valence-electron chi connectivity index (χ4n) is 2.94. The molecule has 2 aliphatic carbocycles. The van der Waals surface area contributed by atoms with Crippen molar-refractivity contribution in [3.63, 3.8) is 0 Å². The van der Waals surface area contributed by atoms with Crippen LogP contribution in [0.2, 0.25) is 0 Å². The smallest absolute Gasteiger partial charge is 0.236 e. The SMILES string of the molecule is CN(C(=O)CNCC1CC1)C1CCc2ccccc21.Cl. The maximum absolute atomic E-state index is 12.2. The Morgan fingerprint density at radius 2 is 2.05 bits per heavy atom. The van der Waals surface area contributed by atoms with Gasteiger partial charge >= 0.3 is 0 Å². The molecule has 0 bridgehead atoms. The molecule has 1 aromatic rings. The van der Waals surface area contributed by atoms with Gasteiger partial charge in [-0.2, -0.15) is 0 Å². The fraction of sp³-hybridized carbons (Fsp3) is 0.562. The van der Waals surface area contributed by atoms with E-state index in [-0.39, 0.29) is 24.4 Å². The van der Waals surface area contributed by atoms with Gasteiger partial charge in [-0.05, 0) is 49.3 Å². The molecule has 2 aliphatic rings. The second-order valence-electron chi connectivity index (χ2n) is 5.83. The maximum atomic E-state index is 12.2. The Kier molecular flexibility index (Phi) is 5.06. The number of amides is 1. The number of rotatable bonds is 5. The molecule has 1 unspecified atom stereocenters. The number of carbonyl (C=O) groups excluding carboxylic acids is 1. The average Bonchev–Trinajstić information content (AvgIpc) is 3.15. The summed E-state index contributed by atoms with van der Waals surface area (Å²) in [5, 5.41) is 3.28. The second-order valence-corrected chi connectivity index (χ2v) is 5.83. The van der Waals surface area contributed by atoms with Crippen molar-refractivity contribution in [3.8, 4) is 0 Å². The quantitative estimate of drug-likeness (QED) is 0.905. The van der Waals surface area contributed by atoms with E-state index in [9.17, 15) is 4.79 Å². The van der Waals surface area contributed by atoms with Gasteiger partial charge in [-0.3, -0.25) is 4.79 Å². The van der Waals surface area contributed by atoms with Crippen molar-refractivity contribution in [2.75, 3.05) is 20.1 Å². The Hall–Kier alpha value is -1.06. The van der Waals surface area contributed by atoms with Crippen LogP contribution < -0.4 is 5.32 Å². The van der Waals surface area contributed by atoms with Crippen LogP contribution in [0.3, 0.4) is 0 Å². The van der Waals surface area contributed by atoms with Crippen molar-refractivity contribution in [2.24, 2.45) is 5.92 Å². The summed E-state index contributed by atoms with van der Waals surface area (Å²) in [6.07, 6.45) is 4.80. The number of halogens is 1. The molecule has 3 nitrogen and oxygen atoms in total. The first-order chi connectivity index (χ1) is 9.25. The van der Waals surface area contributed by atoms with E-state index in [1.54, 1.807) is 0 Å². The molecule has 1 saturated carbocycles. The predicted molar refractivity (Wildman–Crippen MR) is 83.1 cm³/mol. The average molecular weight is 295 g/mol. The number of carbonyl (C=O) groups is 1. The van der Waals surface area contributed by atoms with Gasteiger partial charge in [0, 0.05) is 7.05 Å². The molecule has 1 fully saturated rings. The molecule has 1 N–H and O–H groups in total.